The number of methoxy groups -OCH3 is 3. The number of hydrogen-bond acceptors (Lipinski definition) is 19. The Morgan fingerprint density at radius 2 is 0.904 bits per heavy atom. The van der Waals surface area contributed by atoms with Gasteiger partial charge in [-0.3, -0.25) is 14.6 Å². The van der Waals surface area contributed by atoms with E-state index in [1.807, 2.05) is 87.5 Å². The number of pyridine rings is 5. The first-order valence-corrected chi connectivity index (χ1v) is 36.8. The number of nitrogens with zero attached hydrogens (tertiary/aromatic N) is 5. The van der Waals surface area contributed by atoms with E-state index in [9.17, 15) is 54.6 Å². The highest BCUT2D eigenvalue weighted by molar-refractivity contribution is 7.91. The van der Waals surface area contributed by atoms with Crippen LogP contribution in [0.2, 0.25) is 0 Å². The second-order valence-corrected chi connectivity index (χ2v) is 28.9. The molecule has 0 unspecified atom stereocenters. The molecule has 532 valence electrons. The topological polar surface area (TPSA) is 331 Å². The minimum absolute atomic E-state index is 0.0188. The van der Waals surface area contributed by atoms with Gasteiger partial charge in [0.05, 0.1) is 41.4 Å². The maximum Gasteiger partial charge on any atom is 0.358 e. The number of ketones is 1. The van der Waals surface area contributed by atoms with E-state index in [2.05, 4.69) is 83.8 Å². The molecule has 13 aromatic rings. The van der Waals surface area contributed by atoms with Gasteiger partial charge in [0.2, 0.25) is 15.8 Å². The number of carbonyl (C=O) groups excluding carboxylic acids is 3. The quantitative estimate of drug-likeness (QED) is 0.0770. The van der Waals surface area contributed by atoms with Crippen molar-refractivity contribution in [3.63, 3.8) is 0 Å². The minimum atomic E-state index is -3.75. The summed E-state index contributed by atoms with van der Waals surface area (Å²) in [6.45, 7) is 13.7. The van der Waals surface area contributed by atoms with Gasteiger partial charge in [-0.2, -0.15) is 12.8 Å². The van der Waals surface area contributed by atoms with Crippen molar-refractivity contribution in [2.24, 2.45) is 4.40 Å². The van der Waals surface area contributed by atoms with Gasteiger partial charge in [-0.15, -0.1) is 0 Å². The maximum absolute atomic E-state index is 13.1. The first-order valence-electron chi connectivity index (χ1n) is 32.0. The van der Waals surface area contributed by atoms with E-state index in [-0.39, 0.29) is 55.6 Å². The number of aromatic hydroxyl groups is 2. The molecule has 8 aromatic carbocycles. The van der Waals surface area contributed by atoms with Crippen LogP contribution in [0.3, 0.4) is 0 Å². The van der Waals surface area contributed by atoms with Gasteiger partial charge in [-0.1, -0.05) is 164 Å². The lowest BCUT2D eigenvalue weighted by Crippen LogP contribution is -2.18. The average Bonchev–Trinajstić information content (AvgIpc) is 1.33. The summed E-state index contributed by atoms with van der Waals surface area (Å²) in [4.78, 5) is 67.8. The molecule has 0 spiro atoms. The number of esters is 2. The highest BCUT2D eigenvalue weighted by Gasteiger charge is 2.32. The van der Waals surface area contributed by atoms with E-state index in [1.54, 1.807) is 97.9 Å². The fourth-order valence-electron chi connectivity index (χ4n) is 11.5. The minimum Gasteiger partial charge on any atom is -0.505 e. The number of H-pyrrole nitrogens is 1. The number of aromatic nitrogens is 5. The van der Waals surface area contributed by atoms with Gasteiger partial charge >= 0.3 is 11.9 Å². The van der Waals surface area contributed by atoms with E-state index in [1.165, 1.54) is 62.9 Å². The summed E-state index contributed by atoms with van der Waals surface area (Å²) in [5.74, 6) is -1.63. The molecular formula is C79H73N7O15S3. The number of nitrogens with one attached hydrogen (secondary N) is 2. The Labute approximate surface area is 600 Å². The van der Waals surface area contributed by atoms with Crippen LogP contribution < -0.4 is 15.0 Å². The lowest BCUT2D eigenvalue weighted by atomic mass is 10.0. The van der Waals surface area contributed by atoms with Gasteiger partial charge in [-0.25, -0.2) is 46.1 Å². The van der Waals surface area contributed by atoms with E-state index in [4.69, 9.17) is 9.47 Å². The molecule has 0 saturated heterocycles. The molecule has 0 aliphatic carbocycles. The van der Waals surface area contributed by atoms with Crippen molar-refractivity contribution >= 4 is 107 Å². The average molecular weight is 1460 g/mol. The number of carbonyl (C=O) groups is 3. The molecular weight excluding hydrogens is 1380 g/mol. The summed E-state index contributed by atoms with van der Waals surface area (Å²) < 4.78 is 91.3. The zero-order valence-electron chi connectivity index (χ0n) is 58.7. The third-order valence-corrected chi connectivity index (χ3v) is 20.8. The van der Waals surface area contributed by atoms with Crippen LogP contribution in [0.4, 0.5) is 0 Å². The van der Waals surface area contributed by atoms with E-state index in [0.717, 1.165) is 55.8 Å². The lowest BCUT2D eigenvalue weighted by Gasteiger charge is -2.13. The van der Waals surface area contributed by atoms with E-state index >= 15 is 0 Å². The number of aromatic amines is 1. The number of ether oxygens (including phenoxy) is 3. The number of hydrogen-bond donors (Lipinski definition) is 4. The molecule has 1 aliphatic heterocycles. The Hall–Kier alpha value is -11.9. The van der Waals surface area contributed by atoms with Crippen molar-refractivity contribution in [1.82, 2.24) is 29.6 Å². The molecule has 0 amide bonds. The van der Waals surface area contributed by atoms with Crippen LogP contribution in [0.15, 0.2) is 224 Å². The van der Waals surface area contributed by atoms with Crippen molar-refractivity contribution in [3.05, 3.63) is 284 Å². The zero-order chi connectivity index (χ0) is 75.5. The fraction of sp³-hybridized carbons (Fsp3) is 0.152. The van der Waals surface area contributed by atoms with Gasteiger partial charge in [0.15, 0.2) is 44.2 Å². The van der Waals surface area contributed by atoms with E-state index < -0.39 is 47.2 Å². The number of sulfone groups is 1. The van der Waals surface area contributed by atoms with Crippen LogP contribution in [0.25, 0.3) is 53.9 Å². The molecule has 14 rings (SSSR count). The van der Waals surface area contributed by atoms with Crippen molar-refractivity contribution in [1.29, 1.82) is 0 Å². The van der Waals surface area contributed by atoms with Crippen LogP contribution in [-0.2, 0) is 39.4 Å². The number of sulfonamides is 2. The molecule has 0 atom stereocenters. The van der Waals surface area contributed by atoms with Gasteiger partial charge in [0, 0.05) is 83.6 Å². The van der Waals surface area contributed by atoms with Gasteiger partial charge in [0.25, 0.3) is 15.6 Å². The molecule has 0 saturated carbocycles. The molecule has 0 radical (unpaired) electrons. The van der Waals surface area contributed by atoms with Gasteiger partial charge in [-0.05, 0) is 114 Å². The molecule has 5 aromatic heterocycles. The van der Waals surface area contributed by atoms with Crippen molar-refractivity contribution in [3.8, 4) is 17.2 Å². The zero-order valence-corrected chi connectivity index (χ0v) is 61.2. The molecule has 22 nitrogen and oxygen atoms in total. The van der Waals surface area contributed by atoms with Crippen LogP contribution in [-0.4, -0.2) is 118 Å². The van der Waals surface area contributed by atoms with Crippen LogP contribution in [0.1, 0.15) is 87.9 Å². The predicted molar refractivity (Wildman–Crippen MR) is 402 cm³/mol. The molecule has 6 heterocycles. The Bertz CT molecular complexity index is 5970. The lowest BCUT2D eigenvalue weighted by molar-refractivity contribution is 0.0582. The number of rotatable bonds is 9. The Balaban J connectivity index is 0.000000148. The second-order valence-electron chi connectivity index (χ2n) is 23.5. The van der Waals surface area contributed by atoms with Crippen LogP contribution in [0, 0.1) is 48.5 Å². The third-order valence-electron chi connectivity index (χ3n) is 16.9. The van der Waals surface area contributed by atoms with E-state index in [0.29, 0.717) is 49.4 Å². The van der Waals surface area contributed by atoms with Crippen LogP contribution in [0.5, 0.6) is 17.2 Å². The summed E-state index contributed by atoms with van der Waals surface area (Å²) in [5, 5.41) is 28.9. The Morgan fingerprint density at radius 1 is 0.471 bits per heavy atom. The summed E-state index contributed by atoms with van der Waals surface area (Å²) in [5.41, 5.74) is 7.42. The molecule has 104 heavy (non-hydrogen) atoms. The number of benzene rings is 8. The molecule has 0 bridgehead atoms. The fourth-order valence-corrected chi connectivity index (χ4v) is 14.4. The highest BCUT2D eigenvalue weighted by atomic mass is 32.2. The van der Waals surface area contributed by atoms with Gasteiger partial charge in [0.1, 0.15) is 11.4 Å². The standard InChI is InChI=1S/C19H17NO4S.C17H12N2O3S.C13H13NO2.C12H13N.C11H9NO4.C7H9NO2S/c1-12-13-8-4-5-9-14(13)19(24-2)17(20-12)18(21)15-10-6-7-11-16(15)25(3,22)23;1-10-11-6-2-3-7-12(11)17(20)16(18-10)15-13-8-4-5-9-14(13)23(21,22)19-15;1-8-10-6-4-5-7-11(10)9(2)14-12(8)13(15)16-3;1-8-9(2)13-10(3)12-7-5-4-6-11(8)12;1-16-11(15)8-9(13)6-4-2-3-5-7(6)10(14)12-8;1-8-11(9,10)7-5-3-2-4-6-7/h4-11H,1-3H3;2-9,20H,1H3;4-7H,1-3H3;4-7H,1-3H3;2-5,13H,1H3,(H,12,14);2-6,8H,1H3. The SMILES string of the molecule is CNS(=O)(=O)c1ccccc1.COC(=O)c1[nH]c(=O)c2ccccc2c1O.COC(=O)c1nc(C)c2ccccc2c1C.COc1c(C(=O)c2ccccc2S(C)(=O)=O)nc(C)c2ccccc12.Cc1nc(C)c2ccccc2c1C.Cc1nc(C2=NS(=O)(=O)c3ccccc32)c(O)c2ccccc12. The van der Waals surface area contributed by atoms with Crippen molar-refractivity contribution in [2.75, 3.05) is 34.6 Å². The van der Waals surface area contributed by atoms with Crippen molar-refractivity contribution in [2.45, 2.75) is 63.2 Å². The first-order chi connectivity index (χ1) is 49.5. The van der Waals surface area contributed by atoms with Crippen LogP contribution >= 0.6 is 0 Å². The molecule has 25 heteroatoms. The monoisotopic (exact) mass is 1460 g/mol. The summed E-state index contributed by atoms with van der Waals surface area (Å²) >= 11 is 0. The Morgan fingerprint density at radius 3 is 1.45 bits per heavy atom. The van der Waals surface area contributed by atoms with Crippen molar-refractivity contribution < 1.29 is 64.1 Å². The molecule has 1 aliphatic rings. The maximum atomic E-state index is 13.1. The number of aryl methyl sites for hydroxylation is 7. The largest absolute Gasteiger partial charge is 0.505 e. The smallest absolute Gasteiger partial charge is 0.358 e. The second kappa shape index (κ2) is 32.4. The normalized spacial score (nSPS) is 11.9. The summed E-state index contributed by atoms with van der Waals surface area (Å²) in [7, 11) is -5.14. The van der Waals surface area contributed by atoms with Gasteiger partial charge < -0.3 is 29.4 Å². The Kier molecular flexibility index (Phi) is 23.8. The third kappa shape index (κ3) is 16.4. The predicted octanol–water partition coefficient (Wildman–Crippen LogP) is 13.4. The number of fused-ring (bicyclic) bond motifs is 6. The summed E-state index contributed by atoms with van der Waals surface area (Å²) in [6, 6.07) is 58.5. The molecule has 0 fully saturated rings. The molecule has 4 N–H and O–H groups in total. The highest BCUT2D eigenvalue weighted by Crippen LogP contribution is 2.37. The summed E-state index contributed by atoms with van der Waals surface area (Å²) in [6.07, 6.45) is 1.08. The first kappa shape index (κ1) is 76.3.